The van der Waals surface area contributed by atoms with Gasteiger partial charge in [0.25, 0.3) is 0 Å². The Labute approximate surface area is 123 Å². The molecule has 0 saturated carbocycles. The summed E-state index contributed by atoms with van der Waals surface area (Å²) in [5.74, 6) is 0.104. The molecular weight excluding hydrogens is 264 g/mol. The summed E-state index contributed by atoms with van der Waals surface area (Å²) in [5, 5.41) is 9.43. The Morgan fingerprint density at radius 2 is 2.05 bits per heavy atom. The van der Waals surface area contributed by atoms with Crippen molar-refractivity contribution in [2.75, 3.05) is 0 Å². The second-order valence-corrected chi connectivity index (χ2v) is 5.55. The summed E-state index contributed by atoms with van der Waals surface area (Å²) in [5.41, 5.74) is 10.5. The summed E-state index contributed by atoms with van der Waals surface area (Å²) in [4.78, 5) is 11.9. The first-order valence-electron chi connectivity index (χ1n) is 6.94. The average Bonchev–Trinajstić information content (AvgIpc) is 2.82. The van der Waals surface area contributed by atoms with Gasteiger partial charge in [-0.2, -0.15) is 5.26 Å². The Bertz CT molecular complexity index is 751. The van der Waals surface area contributed by atoms with Crippen LogP contribution in [-0.2, 0) is 9.53 Å². The fraction of sp³-hybridized carbons (Fsp3) is 0.294. The van der Waals surface area contributed by atoms with Crippen LogP contribution in [0.3, 0.4) is 0 Å². The molecule has 0 amide bonds. The number of rotatable bonds is 1. The molecule has 2 N–H and O–H groups in total. The number of nitrogens with two attached hydrogens (primary N) is 1. The summed E-state index contributed by atoms with van der Waals surface area (Å²) in [6, 6.07) is 8.23. The van der Waals surface area contributed by atoms with Crippen LogP contribution < -0.4 is 5.73 Å². The lowest BCUT2D eigenvalue weighted by molar-refractivity contribution is -0.117. The van der Waals surface area contributed by atoms with Crippen LogP contribution in [0.5, 0.6) is 0 Å². The highest BCUT2D eigenvalue weighted by Gasteiger charge is 2.38. The SMILES string of the molecule is Cc1ccc([C@H]2C(C#N)=C(N)OC3=C2CCC3=O)cc1C. The summed E-state index contributed by atoms with van der Waals surface area (Å²) >= 11 is 0. The first kappa shape index (κ1) is 13.4. The van der Waals surface area contributed by atoms with E-state index in [9.17, 15) is 10.1 Å². The number of hydrogen-bond acceptors (Lipinski definition) is 4. The van der Waals surface area contributed by atoms with Gasteiger partial charge in [0.05, 0.1) is 0 Å². The zero-order chi connectivity index (χ0) is 15.1. The molecule has 1 heterocycles. The summed E-state index contributed by atoms with van der Waals surface area (Å²) in [6.07, 6.45) is 1.06. The van der Waals surface area contributed by atoms with Gasteiger partial charge in [-0.3, -0.25) is 4.79 Å². The van der Waals surface area contributed by atoms with Crippen molar-refractivity contribution in [1.82, 2.24) is 0 Å². The molecule has 0 spiro atoms. The third-order valence-corrected chi connectivity index (χ3v) is 4.27. The first-order valence-corrected chi connectivity index (χ1v) is 6.94. The molecule has 0 fully saturated rings. The van der Waals surface area contributed by atoms with Gasteiger partial charge in [0.1, 0.15) is 11.6 Å². The Morgan fingerprint density at radius 1 is 1.29 bits per heavy atom. The Kier molecular flexibility index (Phi) is 3.06. The highest BCUT2D eigenvalue weighted by Crippen LogP contribution is 2.44. The van der Waals surface area contributed by atoms with Crippen LogP contribution in [0.2, 0.25) is 0 Å². The van der Waals surface area contributed by atoms with Gasteiger partial charge in [0, 0.05) is 12.3 Å². The van der Waals surface area contributed by atoms with Gasteiger partial charge in [0.2, 0.25) is 5.88 Å². The first-order chi connectivity index (χ1) is 10.0. The number of nitriles is 1. The van der Waals surface area contributed by atoms with E-state index >= 15 is 0 Å². The Morgan fingerprint density at radius 3 is 2.71 bits per heavy atom. The molecule has 1 aliphatic heterocycles. The van der Waals surface area contributed by atoms with Gasteiger partial charge in [-0.15, -0.1) is 0 Å². The number of benzene rings is 1. The molecule has 21 heavy (non-hydrogen) atoms. The van der Waals surface area contributed by atoms with E-state index in [-0.39, 0.29) is 17.6 Å². The minimum Gasteiger partial charge on any atom is -0.437 e. The molecule has 4 nitrogen and oxygen atoms in total. The summed E-state index contributed by atoms with van der Waals surface area (Å²) < 4.78 is 5.40. The quantitative estimate of drug-likeness (QED) is 0.858. The fourth-order valence-electron chi connectivity index (χ4n) is 2.97. The van der Waals surface area contributed by atoms with E-state index in [1.807, 2.05) is 26.0 Å². The van der Waals surface area contributed by atoms with Crippen molar-refractivity contribution in [3.05, 3.63) is 57.7 Å². The van der Waals surface area contributed by atoms with Crippen LogP contribution >= 0.6 is 0 Å². The molecular formula is C17H16N2O2. The molecule has 0 saturated heterocycles. The monoisotopic (exact) mass is 280 g/mol. The molecule has 1 aromatic rings. The minimum absolute atomic E-state index is 0.0289. The van der Waals surface area contributed by atoms with Crippen molar-refractivity contribution in [1.29, 1.82) is 5.26 Å². The second kappa shape index (κ2) is 4.78. The summed E-state index contributed by atoms with van der Waals surface area (Å²) in [6.45, 7) is 4.08. The maximum atomic E-state index is 11.9. The molecule has 0 bridgehead atoms. The standard InChI is InChI=1S/C17H16N2O2/c1-9-3-4-11(7-10(9)2)15-12-5-6-14(20)16(12)21-17(19)13(15)8-18/h3-4,7,15H,5-6,19H2,1-2H3/t15-/m1/s1. The zero-order valence-corrected chi connectivity index (χ0v) is 12.1. The van der Waals surface area contributed by atoms with E-state index < -0.39 is 0 Å². The van der Waals surface area contributed by atoms with E-state index in [0.29, 0.717) is 24.2 Å². The molecule has 1 aliphatic carbocycles. The molecule has 2 aliphatic rings. The van der Waals surface area contributed by atoms with E-state index in [1.54, 1.807) is 0 Å². The number of nitrogens with zero attached hydrogens (tertiary/aromatic N) is 1. The molecule has 4 heteroatoms. The summed E-state index contributed by atoms with van der Waals surface area (Å²) in [7, 11) is 0. The molecule has 1 atom stereocenters. The van der Waals surface area contributed by atoms with E-state index in [4.69, 9.17) is 10.5 Å². The van der Waals surface area contributed by atoms with Crippen molar-refractivity contribution in [2.24, 2.45) is 5.73 Å². The van der Waals surface area contributed by atoms with E-state index in [0.717, 1.165) is 16.7 Å². The number of carbonyl (C=O) groups is 1. The van der Waals surface area contributed by atoms with Crippen LogP contribution in [0.4, 0.5) is 0 Å². The third kappa shape index (κ3) is 2.02. The number of ketones is 1. The third-order valence-electron chi connectivity index (χ3n) is 4.27. The van der Waals surface area contributed by atoms with Gasteiger partial charge in [-0.25, -0.2) is 0 Å². The predicted octanol–water partition coefficient (Wildman–Crippen LogP) is 2.73. The minimum atomic E-state index is -0.260. The second-order valence-electron chi connectivity index (χ2n) is 5.55. The smallest absolute Gasteiger partial charge is 0.205 e. The van der Waals surface area contributed by atoms with Crippen LogP contribution in [0.15, 0.2) is 41.0 Å². The maximum absolute atomic E-state index is 11.9. The van der Waals surface area contributed by atoms with Crippen LogP contribution in [-0.4, -0.2) is 5.78 Å². The maximum Gasteiger partial charge on any atom is 0.205 e. The normalized spacial score (nSPS) is 21.2. The zero-order valence-electron chi connectivity index (χ0n) is 12.1. The molecule has 0 radical (unpaired) electrons. The largest absolute Gasteiger partial charge is 0.437 e. The molecule has 0 aromatic heterocycles. The molecule has 106 valence electrons. The number of ether oxygens (including phenoxy) is 1. The van der Waals surface area contributed by atoms with Gasteiger partial charge >= 0.3 is 0 Å². The van der Waals surface area contributed by atoms with Crippen LogP contribution in [0.1, 0.15) is 35.4 Å². The number of hydrogen-bond donors (Lipinski definition) is 1. The van der Waals surface area contributed by atoms with Crippen molar-refractivity contribution < 1.29 is 9.53 Å². The molecule has 3 rings (SSSR count). The molecule has 1 aromatic carbocycles. The van der Waals surface area contributed by atoms with Gasteiger partial charge < -0.3 is 10.5 Å². The topological polar surface area (TPSA) is 76.1 Å². The molecule has 0 unspecified atom stereocenters. The lowest BCUT2D eigenvalue weighted by atomic mass is 9.82. The highest BCUT2D eigenvalue weighted by molar-refractivity contribution is 5.98. The lowest BCUT2D eigenvalue weighted by Crippen LogP contribution is -2.20. The van der Waals surface area contributed by atoms with Crippen molar-refractivity contribution in [3.63, 3.8) is 0 Å². The lowest BCUT2D eigenvalue weighted by Gasteiger charge is -2.25. The van der Waals surface area contributed by atoms with Crippen molar-refractivity contribution in [2.45, 2.75) is 32.6 Å². The van der Waals surface area contributed by atoms with Gasteiger partial charge in [0.15, 0.2) is 11.5 Å². The van der Waals surface area contributed by atoms with Crippen molar-refractivity contribution >= 4 is 5.78 Å². The number of carbonyl (C=O) groups excluding carboxylic acids is 1. The van der Waals surface area contributed by atoms with Gasteiger partial charge in [-0.05, 0) is 42.5 Å². The van der Waals surface area contributed by atoms with E-state index in [1.165, 1.54) is 5.56 Å². The Hall–Kier alpha value is -2.54. The Balaban J connectivity index is 2.17. The number of allylic oxidation sites excluding steroid dienone is 3. The number of Topliss-reactive ketones (excluding diaryl/α,β-unsaturated/α-hetero) is 1. The fourth-order valence-corrected chi connectivity index (χ4v) is 2.97. The average molecular weight is 280 g/mol. The van der Waals surface area contributed by atoms with E-state index in [2.05, 4.69) is 12.1 Å². The van der Waals surface area contributed by atoms with Crippen LogP contribution in [0, 0.1) is 25.2 Å². The van der Waals surface area contributed by atoms with Crippen LogP contribution in [0.25, 0.3) is 0 Å². The van der Waals surface area contributed by atoms with Gasteiger partial charge in [-0.1, -0.05) is 18.2 Å². The predicted molar refractivity (Wildman–Crippen MR) is 77.8 cm³/mol. The number of aryl methyl sites for hydroxylation is 2. The van der Waals surface area contributed by atoms with Crippen molar-refractivity contribution in [3.8, 4) is 6.07 Å². The highest BCUT2D eigenvalue weighted by atomic mass is 16.5.